The van der Waals surface area contributed by atoms with E-state index in [9.17, 15) is 9.50 Å². The topological polar surface area (TPSA) is 20.2 Å². The summed E-state index contributed by atoms with van der Waals surface area (Å²) >= 11 is 0. The van der Waals surface area contributed by atoms with Crippen molar-refractivity contribution in [1.29, 1.82) is 0 Å². The molecule has 0 spiro atoms. The molecule has 1 aliphatic carbocycles. The Balaban J connectivity index is 1.92. The molecule has 2 aromatic rings. The van der Waals surface area contributed by atoms with Gasteiger partial charge in [0.15, 0.2) is 0 Å². The van der Waals surface area contributed by atoms with Gasteiger partial charge in [-0.15, -0.1) is 0 Å². The zero-order valence-corrected chi connectivity index (χ0v) is 12.1. The SMILES string of the molecule is CCCc1ccc2c(c1)C=CC(c1ccc(F)cc1)C2O. The first-order valence-electron chi connectivity index (χ1n) is 7.43. The second kappa shape index (κ2) is 5.82. The molecule has 21 heavy (non-hydrogen) atoms. The number of hydrogen-bond donors (Lipinski definition) is 1. The van der Waals surface area contributed by atoms with E-state index in [1.54, 1.807) is 12.1 Å². The van der Waals surface area contributed by atoms with E-state index in [2.05, 4.69) is 25.1 Å². The van der Waals surface area contributed by atoms with Crippen LogP contribution in [-0.4, -0.2) is 5.11 Å². The lowest BCUT2D eigenvalue weighted by molar-refractivity contribution is 0.160. The highest BCUT2D eigenvalue weighted by atomic mass is 19.1. The third-order valence-electron chi connectivity index (χ3n) is 4.09. The molecule has 1 aliphatic rings. The Labute approximate surface area is 124 Å². The van der Waals surface area contributed by atoms with Crippen molar-refractivity contribution in [3.05, 3.63) is 76.6 Å². The van der Waals surface area contributed by atoms with Crippen LogP contribution in [0.1, 0.15) is 47.6 Å². The summed E-state index contributed by atoms with van der Waals surface area (Å²) in [4.78, 5) is 0. The smallest absolute Gasteiger partial charge is 0.123 e. The number of rotatable bonds is 3. The first-order valence-corrected chi connectivity index (χ1v) is 7.43. The molecule has 0 heterocycles. The van der Waals surface area contributed by atoms with Crippen LogP contribution in [0.15, 0.2) is 48.5 Å². The minimum Gasteiger partial charge on any atom is -0.387 e. The van der Waals surface area contributed by atoms with Gasteiger partial charge in [0.1, 0.15) is 5.82 Å². The van der Waals surface area contributed by atoms with E-state index >= 15 is 0 Å². The maximum Gasteiger partial charge on any atom is 0.123 e. The number of benzene rings is 2. The molecular formula is C19H19FO. The molecular weight excluding hydrogens is 263 g/mol. The quantitative estimate of drug-likeness (QED) is 0.870. The molecule has 0 saturated heterocycles. The fourth-order valence-corrected chi connectivity index (χ4v) is 2.97. The van der Waals surface area contributed by atoms with E-state index in [1.165, 1.54) is 17.7 Å². The first-order chi connectivity index (χ1) is 10.2. The number of aliphatic hydroxyl groups excluding tert-OH is 1. The van der Waals surface area contributed by atoms with Gasteiger partial charge in [0.2, 0.25) is 0 Å². The highest BCUT2D eigenvalue weighted by molar-refractivity contribution is 5.61. The van der Waals surface area contributed by atoms with Crippen LogP contribution in [-0.2, 0) is 6.42 Å². The third kappa shape index (κ3) is 2.77. The van der Waals surface area contributed by atoms with Crippen molar-refractivity contribution in [2.24, 2.45) is 0 Å². The molecule has 0 fully saturated rings. The first kappa shape index (κ1) is 14.0. The van der Waals surface area contributed by atoms with E-state index in [1.807, 2.05) is 12.1 Å². The molecule has 0 aliphatic heterocycles. The molecule has 0 amide bonds. The molecule has 2 heteroatoms. The number of fused-ring (bicyclic) bond motifs is 1. The predicted octanol–water partition coefficient (Wildman–Crippen LogP) is 4.62. The van der Waals surface area contributed by atoms with E-state index in [0.29, 0.717) is 0 Å². The second-order valence-electron chi connectivity index (χ2n) is 5.59. The van der Waals surface area contributed by atoms with Crippen molar-refractivity contribution in [3.63, 3.8) is 0 Å². The summed E-state index contributed by atoms with van der Waals surface area (Å²) in [6.45, 7) is 2.16. The summed E-state index contributed by atoms with van der Waals surface area (Å²) in [5.41, 5.74) is 4.27. The zero-order valence-electron chi connectivity index (χ0n) is 12.1. The van der Waals surface area contributed by atoms with Crippen LogP contribution < -0.4 is 0 Å². The lowest BCUT2D eigenvalue weighted by Crippen LogP contribution is -2.13. The summed E-state index contributed by atoms with van der Waals surface area (Å²) in [6.07, 6.45) is 5.67. The van der Waals surface area contributed by atoms with E-state index in [4.69, 9.17) is 0 Å². The highest BCUT2D eigenvalue weighted by Gasteiger charge is 2.25. The van der Waals surface area contributed by atoms with Crippen LogP contribution >= 0.6 is 0 Å². The fraction of sp³-hybridized carbons (Fsp3) is 0.263. The van der Waals surface area contributed by atoms with Crippen molar-refractivity contribution in [2.75, 3.05) is 0 Å². The average Bonchev–Trinajstić information content (AvgIpc) is 2.49. The van der Waals surface area contributed by atoms with Gasteiger partial charge in [0.05, 0.1) is 6.10 Å². The zero-order chi connectivity index (χ0) is 14.8. The van der Waals surface area contributed by atoms with Crippen molar-refractivity contribution < 1.29 is 9.50 Å². The number of aliphatic hydroxyl groups is 1. The van der Waals surface area contributed by atoms with Gasteiger partial charge in [0, 0.05) is 5.92 Å². The molecule has 0 aromatic heterocycles. The maximum absolute atomic E-state index is 13.0. The van der Waals surface area contributed by atoms with Crippen molar-refractivity contribution in [1.82, 2.24) is 0 Å². The van der Waals surface area contributed by atoms with Crippen LogP contribution in [0.5, 0.6) is 0 Å². The molecule has 2 unspecified atom stereocenters. The predicted molar refractivity (Wildman–Crippen MR) is 83.6 cm³/mol. The summed E-state index contributed by atoms with van der Waals surface area (Å²) < 4.78 is 13.0. The van der Waals surface area contributed by atoms with Crippen molar-refractivity contribution >= 4 is 6.08 Å². The Bertz CT molecular complexity index is 658. The monoisotopic (exact) mass is 282 g/mol. The van der Waals surface area contributed by atoms with E-state index in [0.717, 1.165) is 29.5 Å². The summed E-state index contributed by atoms with van der Waals surface area (Å²) in [5, 5.41) is 10.6. The Hall–Kier alpha value is -1.93. The number of hydrogen-bond acceptors (Lipinski definition) is 1. The Morgan fingerprint density at radius 2 is 1.86 bits per heavy atom. The fourth-order valence-electron chi connectivity index (χ4n) is 2.97. The molecule has 3 rings (SSSR count). The molecule has 2 atom stereocenters. The molecule has 0 saturated carbocycles. The van der Waals surface area contributed by atoms with Gasteiger partial charge in [-0.2, -0.15) is 0 Å². The largest absolute Gasteiger partial charge is 0.387 e. The van der Waals surface area contributed by atoms with Gasteiger partial charge in [-0.3, -0.25) is 0 Å². The Morgan fingerprint density at radius 1 is 1.10 bits per heavy atom. The van der Waals surface area contributed by atoms with Crippen LogP contribution in [0, 0.1) is 5.82 Å². The van der Waals surface area contributed by atoms with Gasteiger partial charge in [-0.1, -0.05) is 55.8 Å². The van der Waals surface area contributed by atoms with E-state index in [-0.39, 0.29) is 11.7 Å². The molecule has 108 valence electrons. The van der Waals surface area contributed by atoms with Crippen molar-refractivity contribution in [3.8, 4) is 0 Å². The minimum absolute atomic E-state index is 0.116. The molecule has 1 N–H and O–H groups in total. The lowest BCUT2D eigenvalue weighted by Gasteiger charge is -2.26. The lowest BCUT2D eigenvalue weighted by atomic mass is 9.82. The standard InChI is InChI=1S/C19H19FO/c1-2-3-13-4-10-18-15(12-13)7-11-17(19(18)21)14-5-8-16(20)9-6-14/h4-12,17,19,21H,2-3H2,1H3. The molecule has 1 nitrogen and oxygen atoms in total. The number of aryl methyl sites for hydroxylation is 1. The van der Waals surface area contributed by atoms with Crippen molar-refractivity contribution in [2.45, 2.75) is 31.8 Å². The van der Waals surface area contributed by atoms with Crippen LogP contribution in [0.3, 0.4) is 0 Å². The highest BCUT2D eigenvalue weighted by Crippen LogP contribution is 2.38. The molecule has 0 bridgehead atoms. The van der Waals surface area contributed by atoms with E-state index < -0.39 is 6.10 Å². The summed E-state index contributed by atoms with van der Waals surface area (Å²) in [7, 11) is 0. The van der Waals surface area contributed by atoms with Crippen LogP contribution in [0.25, 0.3) is 6.08 Å². The minimum atomic E-state index is -0.578. The van der Waals surface area contributed by atoms with Gasteiger partial charge < -0.3 is 5.11 Å². The molecule has 0 radical (unpaired) electrons. The summed E-state index contributed by atoms with van der Waals surface area (Å²) in [6, 6.07) is 12.6. The summed E-state index contributed by atoms with van der Waals surface area (Å²) in [5.74, 6) is -0.368. The normalized spacial score (nSPS) is 20.3. The Kier molecular flexibility index (Phi) is 3.89. The molecule has 2 aromatic carbocycles. The van der Waals surface area contributed by atoms with Crippen LogP contribution in [0.2, 0.25) is 0 Å². The Morgan fingerprint density at radius 3 is 2.57 bits per heavy atom. The van der Waals surface area contributed by atoms with Gasteiger partial charge in [0.25, 0.3) is 0 Å². The van der Waals surface area contributed by atoms with Gasteiger partial charge in [-0.25, -0.2) is 4.39 Å². The maximum atomic E-state index is 13.0. The van der Waals surface area contributed by atoms with Gasteiger partial charge >= 0.3 is 0 Å². The third-order valence-corrected chi connectivity index (χ3v) is 4.09. The average molecular weight is 282 g/mol. The second-order valence-corrected chi connectivity index (χ2v) is 5.59. The number of halogens is 1. The van der Waals surface area contributed by atoms with Crippen LogP contribution in [0.4, 0.5) is 4.39 Å². The van der Waals surface area contributed by atoms with Gasteiger partial charge in [-0.05, 0) is 40.8 Å².